The van der Waals surface area contributed by atoms with Gasteiger partial charge in [0.25, 0.3) is 5.91 Å². The van der Waals surface area contributed by atoms with Gasteiger partial charge in [-0.05, 0) is 61.1 Å². The van der Waals surface area contributed by atoms with Crippen LogP contribution in [0.2, 0.25) is 0 Å². The van der Waals surface area contributed by atoms with Crippen molar-refractivity contribution in [1.82, 2.24) is 0 Å². The fourth-order valence-electron chi connectivity index (χ4n) is 5.54. The average molecular weight is 543 g/mol. The van der Waals surface area contributed by atoms with Gasteiger partial charge >= 0.3 is 5.97 Å². The molecule has 0 radical (unpaired) electrons. The maximum absolute atomic E-state index is 13.4. The highest BCUT2D eigenvalue weighted by Gasteiger charge is 2.50. The number of methoxy groups -OCH3 is 2. The average Bonchev–Trinajstić information content (AvgIpc) is 3.25. The van der Waals surface area contributed by atoms with E-state index in [-0.39, 0.29) is 35.1 Å². The van der Waals surface area contributed by atoms with E-state index in [1.807, 2.05) is 18.2 Å². The van der Waals surface area contributed by atoms with Crippen molar-refractivity contribution in [2.75, 3.05) is 31.0 Å². The number of carbonyl (C=O) groups is 4. The van der Waals surface area contributed by atoms with Crippen LogP contribution in [0.15, 0.2) is 72.8 Å². The van der Waals surface area contributed by atoms with Gasteiger partial charge < -0.3 is 19.5 Å². The zero-order valence-electron chi connectivity index (χ0n) is 22.3. The third-order valence-electron chi connectivity index (χ3n) is 7.55. The summed E-state index contributed by atoms with van der Waals surface area (Å²) in [4.78, 5) is 53.1. The first kappa shape index (κ1) is 26.9. The van der Waals surface area contributed by atoms with Crippen LogP contribution in [-0.2, 0) is 19.1 Å². The lowest BCUT2D eigenvalue weighted by Gasteiger charge is -2.28. The maximum Gasteiger partial charge on any atom is 0.338 e. The molecule has 1 aliphatic heterocycles. The van der Waals surface area contributed by atoms with E-state index in [1.54, 1.807) is 30.3 Å². The number of benzene rings is 3. The number of carbonyl (C=O) groups excluding carboxylic acids is 4. The van der Waals surface area contributed by atoms with Crippen LogP contribution in [0.25, 0.3) is 0 Å². The molecule has 3 amide bonds. The smallest absolute Gasteiger partial charge is 0.338 e. The summed E-state index contributed by atoms with van der Waals surface area (Å²) >= 11 is 0. The monoisotopic (exact) mass is 542 g/mol. The van der Waals surface area contributed by atoms with E-state index in [9.17, 15) is 19.2 Å². The summed E-state index contributed by atoms with van der Waals surface area (Å²) in [5, 5.41) is 2.64. The molecule has 5 rings (SSSR count). The van der Waals surface area contributed by atoms with Crippen molar-refractivity contribution in [2.24, 2.45) is 11.8 Å². The summed E-state index contributed by atoms with van der Waals surface area (Å²) in [6, 6.07) is 21.1. The van der Waals surface area contributed by atoms with E-state index in [0.717, 1.165) is 6.42 Å². The van der Waals surface area contributed by atoms with Gasteiger partial charge in [0.1, 0.15) is 11.5 Å². The van der Waals surface area contributed by atoms with Gasteiger partial charge in [0.15, 0.2) is 6.61 Å². The first-order valence-electron chi connectivity index (χ1n) is 13.1. The predicted molar refractivity (Wildman–Crippen MR) is 147 cm³/mol. The standard InChI is InChI=1S/C31H30N2O7/c1-38-23-12-14-26(27(17-23)39-2)32-28(34)18-40-31(37)21-9-6-10-22(15-21)33-29(35)24-13-11-20(16-25(24)30(33)36)19-7-4-3-5-8-19/h3-10,12,14-15,17,20,24-25H,11,13,16,18H2,1-2H3,(H,32,34)/t20-,24+,25+/m0/s1. The van der Waals surface area contributed by atoms with Crippen molar-refractivity contribution in [3.63, 3.8) is 0 Å². The van der Waals surface area contributed by atoms with E-state index in [4.69, 9.17) is 14.2 Å². The molecule has 9 heteroatoms. The molecular formula is C31H30N2O7. The lowest BCUT2D eigenvalue weighted by atomic mass is 9.73. The Bertz CT molecular complexity index is 1440. The fourth-order valence-corrected chi connectivity index (χ4v) is 5.54. The number of nitrogens with one attached hydrogen (secondary N) is 1. The van der Waals surface area contributed by atoms with Crippen LogP contribution in [-0.4, -0.2) is 44.5 Å². The molecule has 1 heterocycles. The minimum atomic E-state index is -0.751. The number of anilines is 2. The van der Waals surface area contributed by atoms with Crippen molar-refractivity contribution in [1.29, 1.82) is 0 Å². The zero-order chi connectivity index (χ0) is 28.2. The van der Waals surface area contributed by atoms with E-state index >= 15 is 0 Å². The van der Waals surface area contributed by atoms with E-state index < -0.39 is 18.5 Å². The van der Waals surface area contributed by atoms with Gasteiger partial charge in [-0.3, -0.25) is 19.3 Å². The van der Waals surface area contributed by atoms with E-state index in [0.29, 0.717) is 35.7 Å². The lowest BCUT2D eigenvalue weighted by Crippen LogP contribution is -2.31. The number of hydrogen-bond donors (Lipinski definition) is 1. The second-order valence-electron chi connectivity index (χ2n) is 9.89. The van der Waals surface area contributed by atoms with Crippen LogP contribution < -0.4 is 19.7 Å². The quantitative estimate of drug-likeness (QED) is 0.328. The Hall–Kier alpha value is -4.66. The van der Waals surface area contributed by atoms with Crippen molar-refractivity contribution in [2.45, 2.75) is 25.2 Å². The third kappa shape index (κ3) is 5.40. The molecule has 9 nitrogen and oxygen atoms in total. The molecule has 40 heavy (non-hydrogen) atoms. The molecule has 0 spiro atoms. The van der Waals surface area contributed by atoms with Crippen molar-refractivity contribution in [3.8, 4) is 11.5 Å². The van der Waals surface area contributed by atoms with Crippen molar-refractivity contribution < 1.29 is 33.4 Å². The highest BCUT2D eigenvalue weighted by atomic mass is 16.5. The topological polar surface area (TPSA) is 111 Å². The lowest BCUT2D eigenvalue weighted by molar-refractivity contribution is -0.122. The Morgan fingerprint density at radius 1 is 0.875 bits per heavy atom. The second kappa shape index (κ2) is 11.6. The minimum absolute atomic E-state index is 0.130. The van der Waals surface area contributed by atoms with Gasteiger partial charge in [0.2, 0.25) is 11.8 Å². The summed E-state index contributed by atoms with van der Waals surface area (Å²) in [7, 11) is 2.98. The Morgan fingerprint density at radius 3 is 2.40 bits per heavy atom. The van der Waals surface area contributed by atoms with E-state index in [2.05, 4.69) is 17.4 Å². The number of fused-ring (bicyclic) bond motifs is 1. The Morgan fingerprint density at radius 2 is 1.65 bits per heavy atom. The summed E-state index contributed by atoms with van der Waals surface area (Å²) in [5.41, 5.74) is 2.03. The minimum Gasteiger partial charge on any atom is -0.497 e. The Labute approximate surface area is 232 Å². The van der Waals surface area contributed by atoms with Crippen LogP contribution in [0.4, 0.5) is 11.4 Å². The third-order valence-corrected chi connectivity index (χ3v) is 7.55. The second-order valence-corrected chi connectivity index (χ2v) is 9.89. The van der Waals surface area contributed by atoms with Crippen LogP contribution in [0.1, 0.15) is 41.1 Å². The molecule has 3 atom stereocenters. The molecule has 3 aromatic carbocycles. The van der Waals surface area contributed by atoms with Gasteiger partial charge in [0, 0.05) is 6.07 Å². The molecular weight excluding hydrogens is 512 g/mol. The number of nitrogens with zero attached hydrogens (tertiary/aromatic N) is 1. The Kier molecular flexibility index (Phi) is 7.82. The van der Waals surface area contributed by atoms with Crippen LogP contribution in [0.3, 0.4) is 0 Å². The molecule has 0 aromatic heterocycles. The van der Waals surface area contributed by atoms with Crippen LogP contribution >= 0.6 is 0 Å². The molecule has 0 unspecified atom stereocenters. The SMILES string of the molecule is COc1ccc(NC(=O)COC(=O)c2cccc(N3C(=O)[C@@H]4CC[C@H](c5ccccc5)C[C@H]4C3=O)c2)c(OC)c1. The van der Waals surface area contributed by atoms with E-state index in [1.165, 1.54) is 36.8 Å². The summed E-state index contributed by atoms with van der Waals surface area (Å²) in [6.45, 7) is -0.537. The summed E-state index contributed by atoms with van der Waals surface area (Å²) < 4.78 is 15.6. The molecule has 0 bridgehead atoms. The van der Waals surface area contributed by atoms with Gasteiger partial charge in [-0.15, -0.1) is 0 Å². The molecule has 2 aliphatic rings. The first-order valence-corrected chi connectivity index (χ1v) is 13.1. The molecule has 1 N–H and O–H groups in total. The number of hydrogen-bond acceptors (Lipinski definition) is 7. The molecule has 206 valence electrons. The zero-order valence-corrected chi connectivity index (χ0v) is 22.3. The summed E-state index contributed by atoms with van der Waals surface area (Å²) in [5.74, 6) is -1.36. The largest absolute Gasteiger partial charge is 0.497 e. The maximum atomic E-state index is 13.4. The number of ether oxygens (including phenoxy) is 3. The summed E-state index contributed by atoms with van der Waals surface area (Å²) in [6.07, 6.45) is 2.10. The molecule has 1 saturated heterocycles. The van der Waals surface area contributed by atoms with Gasteiger partial charge in [-0.2, -0.15) is 0 Å². The normalized spacial score (nSPS) is 20.1. The van der Waals surface area contributed by atoms with Gasteiger partial charge in [-0.1, -0.05) is 36.4 Å². The van der Waals surface area contributed by atoms with Crippen LogP contribution in [0, 0.1) is 11.8 Å². The molecule has 1 aliphatic carbocycles. The van der Waals surface area contributed by atoms with Crippen molar-refractivity contribution >= 4 is 35.1 Å². The molecule has 3 aromatic rings. The predicted octanol–water partition coefficient (Wildman–Crippen LogP) is 4.57. The fraction of sp³-hybridized carbons (Fsp3) is 0.290. The number of imide groups is 1. The Balaban J connectivity index is 1.23. The highest BCUT2D eigenvalue weighted by molar-refractivity contribution is 6.22. The van der Waals surface area contributed by atoms with Gasteiger partial charge in [0.05, 0.1) is 43.0 Å². The number of rotatable bonds is 8. The van der Waals surface area contributed by atoms with Crippen LogP contribution in [0.5, 0.6) is 11.5 Å². The number of amides is 3. The van der Waals surface area contributed by atoms with Gasteiger partial charge in [-0.25, -0.2) is 4.79 Å². The number of esters is 1. The van der Waals surface area contributed by atoms with Crippen molar-refractivity contribution in [3.05, 3.63) is 83.9 Å². The highest BCUT2D eigenvalue weighted by Crippen LogP contribution is 2.45. The first-order chi connectivity index (χ1) is 19.4. The molecule has 1 saturated carbocycles. The molecule has 2 fully saturated rings.